The lowest BCUT2D eigenvalue weighted by atomic mass is 9.81. The Kier molecular flexibility index (Phi) is 4.32. The van der Waals surface area contributed by atoms with Gasteiger partial charge in [0.15, 0.2) is 6.61 Å². The van der Waals surface area contributed by atoms with Gasteiger partial charge < -0.3 is 9.64 Å². The van der Waals surface area contributed by atoms with Gasteiger partial charge in [0.25, 0.3) is 5.91 Å². The average Bonchev–Trinajstić information content (AvgIpc) is 2.70. The van der Waals surface area contributed by atoms with E-state index in [-0.39, 0.29) is 34.7 Å². The largest absolute Gasteiger partial charge is 0.452 e. The molecular weight excluding hydrogens is 328 g/mol. The van der Waals surface area contributed by atoms with E-state index in [9.17, 15) is 9.59 Å². The lowest BCUT2D eigenvalue weighted by Gasteiger charge is -2.40. The van der Waals surface area contributed by atoms with Gasteiger partial charge in [-0.1, -0.05) is 32.4 Å². The van der Waals surface area contributed by atoms with Gasteiger partial charge in [-0.25, -0.2) is 9.78 Å². The Balaban J connectivity index is 1.64. The summed E-state index contributed by atoms with van der Waals surface area (Å²) >= 11 is 5.88. The van der Waals surface area contributed by atoms with Gasteiger partial charge in [0.2, 0.25) is 0 Å². The number of carbonyl (C=O) groups is 2. The van der Waals surface area contributed by atoms with Gasteiger partial charge in [-0.2, -0.15) is 0 Å². The van der Waals surface area contributed by atoms with E-state index >= 15 is 0 Å². The number of hydrogen-bond acceptors (Lipinski definition) is 4. The zero-order chi connectivity index (χ0) is 17.5. The molecular formula is C18H23ClN2O3. The second-order valence-corrected chi connectivity index (χ2v) is 8.31. The number of nitrogens with zero attached hydrogens (tertiary/aromatic N) is 2. The fourth-order valence-electron chi connectivity index (χ4n) is 4.43. The van der Waals surface area contributed by atoms with Crippen LogP contribution in [0.25, 0.3) is 0 Å². The lowest BCUT2D eigenvalue weighted by Crippen LogP contribution is -2.49. The number of likely N-dealkylation sites (tertiary alicyclic amines) is 1. The molecule has 0 aromatic carbocycles. The Morgan fingerprint density at radius 1 is 1.42 bits per heavy atom. The first-order valence-corrected chi connectivity index (χ1v) is 8.67. The number of pyridine rings is 1. The maximum atomic E-state index is 12.6. The second kappa shape index (κ2) is 6.03. The summed E-state index contributed by atoms with van der Waals surface area (Å²) in [6.45, 7) is 7.22. The molecule has 1 saturated carbocycles. The van der Waals surface area contributed by atoms with Crippen LogP contribution in [0.15, 0.2) is 18.3 Å². The SMILES string of the molecule is CC12CCN(C(=O)COC(=O)c3cccnc3Cl)C(C1)C(C)(C)C2. The number of esters is 1. The third kappa shape index (κ3) is 3.14. The Morgan fingerprint density at radius 3 is 2.88 bits per heavy atom. The van der Waals surface area contributed by atoms with Crippen molar-refractivity contribution < 1.29 is 14.3 Å². The fraction of sp³-hybridized carbons (Fsp3) is 0.611. The normalized spacial score (nSPS) is 27.8. The Hall–Kier alpha value is -1.62. The van der Waals surface area contributed by atoms with E-state index in [0.717, 1.165) is 25.8 Å². The van der Waals surface area contributed by atoms with Crippen molar-refractivity contribution in [2.24, 2.45) is 10.8 Å². The summed E-state index contributed by atoms with van der Waals surface area (Å²) < 4.78 is 5.17. The highest BCUT2D eigenvalue weighted by Gasteiger charge is 2.53. The maximum Gasteiger partial charge on any atom is 0.341 e. The average molecular weight is 351 g/mol. The summed E-state index contributed by atoms with van der Waals surface area (Å²) in [6.07, 6.45) is 4.64. The first-order chi connectivity index (χ1) is 11.2. The minimum absolute atomic E-state index is 0.0839. The molecule has 1 aliphatic heterocycles. The number of ether oxygens (including phenoxy) is 1. The third-order valence-electron chi connectivity index (χ3n) is 5.43. The predicted octanol–water partition coefficient (Wildman–Crippen LogP) is 3.32. The van der Waals surface area contributed by atoms with Crippen molar-refractivity contribution >= 4 is 23.5 Å². The van der Waals surface area contributed by atoms with Crippen molar-refractivity contribution in [1.82, 2.24) is 9.88 Å². The molecule has 2 fully saturated rings. The molecule has 2 bridgehead atoms. The number of amides is 1. The zero-order valence-electron chi connectivity index (χ0n) is 14.3. The van der Waals surface area contributed by atoms with Crippen LogP contribution in [0.5, 0.6) is 0 Å². The molecule has 2 unspecified atom stereocenters. The minimum atomic E-state index is -0.617. The molecule has 2 aliphatic rings. The molecule has 1 aromatic rings. The molecule has 1 saturated heterocycles. The molecule has 0 N–H and O–H groups in total. The van der Waals surface area contributed by atoms with Crippen LogP contribution in [-0.2, 0) is 9.53 Å². The van der Waals surface area contributed by atoms with E-state index in [1.807, 2.05) is 4.90 Å². The van der Waals surface area contributed by atoms with Gasteiger partial charge in [0, 0.05) is 18.8 Å². The van der Waals surface area contributed by atoms with Gasteiger partial charge in [-0.15, -0.1) is 0 Å². The van der Waals surface area contributed by atoms with Crippen LogP contribution in [0.3, 0.4) is 0 Å². The first kappa shape index (κ1) is 17.2. The summed E-state index contributed by atoms with van der Waals surface area (Å²) in [5, 5.41) is 0.0839. The van der Waals surface area contributed by atoms with E-state index in [2.05, 4.69) is 25.8 Å². The monoisotopic (exact) mass is 350 g/mol. The molecule has 5 nitrogen and oxygen atoms in total. The smallest absolute Gasteiger partial charge is 0.341 e. The van der Waals surface area contributed by atoms with Crippen LogP contribution >= 0.6 is 11.6 Å². The molecule has 130 valence electrons. The van der Waals surface area contributed by atoms with Gasteiger partial charge in [-0.05, 0) is 42.2 Å². The molecule has 1 aromatic heterocycles. The number of halogens is 1. The van der Waals surface area contributed by atoms with E-state index < -0.39 is 5.97 Å². The van der Waals surface area contributed by atoms with E-state index in [0.29, 0.717) is 5.41 Å². The molecule has 6 heteroatoms. The number of piperidine rings is 1. The van der Waals surface area contributed by atoms with Gasteiger partial charge in [0.1, 0.15) is 5.15 Å². The molecule has 24 heavy (non-hydrogen) atoms. The molecule has 1 amide bonds. The Labute approximate surface area is 147 Å². The molecule has 0 spiro atoms. The first-order valence-electron chi connectivity index (χ1n) is 8.29. The minimum Gasteiger partial charge on any atom is -0.452 e. The van der Waals surface area contributed by atoms with Gasteiger partial charge in [0.05, 0.1) is 5.56 Å². The maximum absolute atomic E-state index is 12.6. The van der Waals surface area contributed by atoms with Crippen LogP contribution in [0.1, 0.15) is 50.4 Å². The molecule has 2 atom stereocenters. The highest BCUT2D eigenvalue weighted by Crippen LogP contribution is 2.55. The topological polar surface area (TPSA) is 59.5 Å². The third-order valence-corrected chi connectivity index (χ3v) is 5.73. The van der Waals surface area contributed by atoms with E-state index in [4.69, 9.17) is 16.3 Å². The van der Waals surface area contributed by atoms with Crippen LogP contribution in [-0.4, -0.2) is 41.0 Å². The highest BCUT2D eigenvalue weighted by molar-refractivity contribution is 6.32. The summed E-state index contributed by atoms with van der Waals surface area (Å²) in [5.41, 5.74) is 0.599. The van der Waals surface area contributed by atoms with Crippen molar-refractivity contribution in [1.29, 1.82) is 0 Å². The lowest BCUT2D eigenvalue weighted by molar-refractivity contribution is -0.140. The van der Waals surface area contributed by atoms with Crippen molar-refractivity contribution in [3.63, 3.8) is 0 Å². The van der Waals surface area contributed by atoms with E-state index in [1.54, 1.807) is 6.07 Å². The second-order valence-electron chi connectivity index (χ2n) is 7.95. The van der Waals surface area contributed by atoms with Crippen molar-refractivity contribution in [3.8, 4) is 0 Å². The Morgan fingerprint density at radius 2 is 2.17 bits per heavy atom. The van der Waals surface area contributed by atoms with Crippen LogP contribution < -0.4 is 0 Å². The number of rotatable bonds is 3. The number of aromatic nitrogens is 1. The summed E-state index contributed by atoms with van der Waals surface area (Å²) in [6, 6.07) is 3.36. The van der Waals surface area contributed by atoms with Crippen LogP contribution in [0, 0.1) is 10.8 Å². The fourth-order valence-corrected chi connectivity index (χ4v) is 4.62. The van der Waals surface area contributed by atoms with Crippen molar-refractivity contribution in [2.75, 3.05) is 13.2 Å². The highest BCUT2D eigenvalue weighted by atomic mass is 35.5. The summed E-state index contributed by atoms with van der Waals surface area (Å²) in [7, 11) is 0. The Bertz CT molecular complexity index is 676. The summed E-state index contributed by atoms with van der Waals surface area (Å²) in [4.78, 5) is 30.4. The van der Waals surface area contributed by atoms with Crippen molar-refractivity contribution in [2.45, 2.75) is 46.1 Å². The predicted molar refractivity (Wildman–Crippen MR) is 90.8 cm³/mol. The van der Waals surface area contributed by atoms with Crippen LogP contribution in [0.2, 0.25) is 5.15 Å². The molecule has 0 radical (unpaired) electrons. The molecule has 3 rings (SSSR count). The molecule has 2 heterocycles. The number of hydrogen-bond donors (Lipinski definition) is 0. The number of fused-ring (bicyclic) bond motifs is 2. The van der Waals surface area contributed by atoms with Gasteiger partial charge >= 0.3 is 5.97 Å². The standard InChI is InChI=1S/C18H23ClN2O3/c1-17(2)11-18(3)6-8-21(13(17)9-18)14(22)10-24-16(23)12-5-4-7-20-15(12)19/h4-5,7,13H,6,8-11H2,1-3H3. The number of carbonyl (C=O) groups excluding carboxylic acids is 2. The quantitative estimate of drug-likeness (QED) is 0.619. The van der Waals surface area contributed by atoms with Crippen LogP contribution in [0.4, 0.5) is 0 Å². The summed E-state index contributed by atoms with van der Waals surface area (Å²) in [5.74, 6) is -0.751. The van der Waals surface area contributed by atoms with Gasteiger partial charge in [-0.3, -0.25) is 4.79 Å². The van der Waals surface area contributed by atoms with Crippen molar-refractivity contribution in [3.05, 3.63) is 29.0 Å². The van der Waals surface area contributed by atoms with E-state index in [1.165, 1.54) is 12.3 Å². The zero-order valence-corrected chi connectivity index (χ0v) is 15.1. The molecule has 1 aliphatic carbocycles.